The highest BCUT2D eigenvalue weighted by Gasteiger charge is 2.14. The number of ether oxygens (including phenoxy) is 1. The van der Waals surface area contributed by atoms with Crippen molar-refractivity contribution in [3.05, 3.63) is 64.4 Å². The van der Waals surface area contributed by atoms with Crippen LogP contribution in [0.3, 0.4) is 0 Å². The fraction of sp³-hybridized carbons (Fsp3) is 0.200. The van der Waals surface area contributed by atoms with Gasteiger partial charge in [-0.3, -0.25) is 0 Å². The molecule has 1 atom stereocenters. The van der Waals surface area contributed by atoms with Crippen molar-refractivity contribution in [2.75, 3.05) is 0 Å². The summed E-state index contributed by atoms with van der Waals surface area (Å²) in [7, 11) is 0. The highest BCUT2D eigenvalue weighted by Crippen LogP contribution is 2.25. The standard InChI is InChI=1S/C15H13ClF3NO/c16-12-2-1-3-13(17)11(12)8-14(20)9-4-6-10(7-5-9)21-15(18)19/h1-7,14-15H,8,20H2. The molecule has 0 saturated carbocycles. The summed E-state index contributed by atoms with van der Waals surface area (Å²) in [5, 5.41) is 0.308. The van der Waals surface area contributed by atoms with Crippen LogP contribution in [0.2, 0.25) is 5.02 Å². The molecule has 0 bridgehead atoms. The van der Waals surface area contributed by atoms with Crippen molar-refractivity contribution >= 4 is 11.6 Å². The summed E-state index contributed by atoms with van der Waals surface area (Å²) in [6.45, 7) is -2.87. The van der Waals surface area contributed by atoms with Gasteiger partial charge in [-0.1, -0.05) is 29.8 Å². The summed E-state index contributed by atoms with van der Waals surface area (Å²) < 4.78 is 42.0. The Morgan fingerprint density at radius 1 is 1.10 bits per heavy atom. The van der Waals surface area contributed by atoms with Crippen LogP contribution in [0, 0.1) is 5.82 Å². The van der Waals surface area contributed by atoms with Gasteiger partial charge in [-0.05, 0) is 36.2 Å². The summed E-state index contributed by atoms with van der Waals surface area (Å²) in [5.41, 5.74) is 7.01. The monoisotopic (exact) mass is 315 g/mol. The Balaban J connectivity index is 2.11. The van der Waals surface area contributed by atoms with Crippen LogP contribution in [0.25, 0.3) is 0 Å². The van der Waals surface area contributed by atoms with E-state index in [1.54, 1.807) is 18.2 Å². The van der Waals surface area contributed by atoms with Crippen LogP contribution >= 0.6 is 11.6 Å². The second-order valence-electron chi connectivity index (χ2n) is 4.46. The molecule has 0 aliphatic rings. The van der Waals surface area contributed by atoms with E-state index in [2.05, 4.69) is 4.74 Å². The maximum Gasteiger partial charge on any atom is 0.387 e. The van der Waals surface area contributed by atoms with Gasteiger partial charge >= 0.3 is 6.61 Å². The summed E-state index contributed by atoms with van der Waals surface area (Å²) in [6, 6.07) is 9.84. The first-order chi connectivity index (χ1) is 9.97. The average Bonchev–Trinajstić information content (AvgIpc) is 2.43. The third-order valence-corrected chi connectivity index (χ3v) is 3.37. The van der Waals surface area contributed by atoms with E-state index in [1.807, 2.05) is 0 Å². The van der Waals surface area contributed by atoms with E-state index in [9.17, 15) is 13.2 Å². The van der Waals surface area contributed by atoms with Gasteiger partial charge in [0.15, 0.2) is 0 Å². The largest absolute Gasteiger partial charge is 0.435 e. The highest BCUT2D eigenvalue weighted by atomic mass is 35.5. The zero-order valence-corrected chi connectivity index (χ0v) is 11.7. The first-order valence-corrected chi connectivity index (χ1v) is 6.58. The van der Waals surface area contributed by atoms with E-state index in [0.29, 0.717) is 16.1 Å². The SMILES string of the molecule is NC(Cc1c(F)cccc1Cl)c1ccc(OC(F)F)cc1. The number of hydrogen-bond donors (Lipinski definition) is 1. The van der Waals surface area contributed by atoms with Gasteiger partial charge in [-0.25, -0.2) is 4.39 Å². The Kier molecular flexibility index (Phi) is 5.09. The van der Waals surface area contributed by atoms with Gasteiger partial charge in [0.25, 0.3) is 0 Å². The van der Waals surface area contributed by atoms with Gasteiger partial charge in [0.1, 0.15) is 11.6 Å². The molecule has 0 heterocycles. The number of hydrogen-bond acceptors (Lipinski definition) is 2. The molecule has 2 aromatic rings. The molecule has 0 spiro atoms. The molecule has 0 aromatic heterocycles. The lowest BCUT2D eigenvalue weighted by Crippen LogP contribution is -2.14. The van der Waals surface area contributed by atoms with E-state index in [0.717, 1.165) is 0 Å². The Bertz CT molecular complexity index is 584. The number of benzene rings is 2. The van der Waals surface area contributed by atoms with E-state index in [1.165, 1.54) is 24.3 Å². The first kappa shape index (κ1) is 15.7. The summed E-state index contributed by atoms with van der Waals surface area (Å²) >= 11 is 5.94. The van der Waals surface area contributed by atoms with Gasteiger partial charge in [0.2, 0.25) is 0 Å². The molecule has 0 aliphatic heterocycles. The Morgan fingerprint density at radius 3 is 2.33 bits per heavy atom. The van der Waals surface area contributed by atoms with Gasteiger partial charge in [-0.2, -0.15) is 8.78 Å². The third-order valence-electron chi connectivity index (χ3n) is 3.02. The topological polar surface area (TPSA) is 35.2 Å². The molecule has 21 heavy (non-hydrogen) atoms. The molecule has 0 saturated heterocycles. The zero-order chi connectivity index (χ0) is 15.4. The third kappa shape index (κ3) is 4.12. The maximum absolute atomic E-state index is 13.7. The molecular formula is C15H13ClF3NO. The molecule has 6 heteroatoms. The zero-order valence-electron chi connectivity index (χ0n) is 10.9. The van der Waals surface area contributed by atoms with Gasteiger partial charge < -0.3 is 10.5 Å². The molecule has 0 amide bonds. The molecule has 0 radical (unpaired) electrons. The molecule has 2 rings (SSSR count). The van der Waals surface area contributed by atoms with E-state index >= 15 is 0 Å². The summed E-state index contributed by atoms with van der Waals surface area (Å²) in [5.74, 6) is -0.375. The van der Waals surface area contributed by atoms with Crippen molar-refractivity contribution in [1.29, 1.82) is 0 Å². The second-order valence-corrected chi connectivity index (χ2v) is 4.87. The van der Waals surface area contributed by atoms with Crippen LogP contribution in [0.5, 0.6) is 5.75 Å². The fourth-order valence-corrected chi connectivity index (χ4v) is 2.20. The quantitative estimate of drug-likeness (QED) is 0.891. The summed E-state index contributed by atoms with van der Waals surface area (Å²) in [6.07, 6.45) is 0.209. The smallest absolute Gasteiger partial charge is 0.387 e. The minimum absolute atomic E-state index is 0.0462. The predicted octanol–water partition coefficient (Wildman–Crippen LogP) is 4.32. The van der Waals surface area contributed by atoms with Crippen molar-refractivity contribution < 1.29 is 17.9 Å². The van der Waals surface area contributed by atoms with Gasteiger partial charge in [-0.15, -0.1) is 0 Å². The first-order valence-electron chi connectivity index (χ1n) is 6.20. The predicted molar refractivity (Wildman–Crippen MR) is 75.1 cm³/mol. The molecule has 0 aliphatic carbocycles. The lowest BCUT2D eigenvalue weighted by molar-refractivity contribution is -0.0498. The van der Waals surface area contributed by atoms with Crippen molar-refractivity contribution in [3.63, 3.8) is 0 Å². The highest BCUT2D eigenvalue weighted by molar-refractivity contribution is 6.31. The van der Waals surface area contributed by atoms with E-state index in [4.69, 9.17) is 17.3 Å². The molecule has 2 nitrogen and oxygen atoms in total. The van der Waals surface area contributed by atoms with Crippen molar-refractivity contribution in [2.24, 2.45) is 5.73 Å². The molecular weight excluding hydrogens is 303 g/mol. The van der Waals surface area contributed by atoms with Crippen LogP contribution < -0.4 is 10.5 Å². The molecule has 112 valence electrons. The Morgan fingerprint density at radius 2 is 1.76 bits per heavy atom. The lowest BCUT2D eigenvalue weighted by atomic mass is 9.99. The number of halogens is 4. The Hall–Kier alpha value is -1.72. The number of nitrogens with two attached hydrogens (primary N) is 1. The van der Waals surface area contributed by atoms with E-state index in [-0.39, 0.29) is 12.2 Å². The second kappa shape index (κ2) is 6.83. The molecule has 2 aromatic carbocycles. The van der Waals surface area contributed by atoms with Crippen LogP contribution in [-0.2, 0) is 6.42 Å². The van der Waals surface area contributed by atoms with Gasteiger partial charge in [0, 0.05) is 16.6 Å². The van der Waals surface area contributed by atoms with Crippen LogP contribution in [-0.4, -0.2) is 6.61 Å². The van der Waals surface area contributed by atoms with E-state index < -0.39 is 18.5 Å². The van der Waals surface area contributed by atoms with Crippen LogP contribution in [0.1, 0.15) is 17.2 Å². The average molecular weight is 316 g/mol. The van der Waals surface area contributed by atoms with Gasteiger partial charge in [0.05, 0.1) is 0 Å². The number of alkyl halides is 2. The minimum atomic E-state index is -2.87. The molecule has 0 fully saturated rings. The number of rotatable bonds is 5. The minimum Gasteiger partial charge on any atom is -0.435 e. The van der Waals surface area contributed by atoms with Crippen molar-refractivity contribution in [3.8, 4) is 5.75 Å². The molecule has 1 unspecified atom stereocenters. The fourth-order valence-electron chi connectivity index (χ4n) is 1.96. The van der Waals surface area contributed by atoms with Crippen LogP contribution in [0.15, 0.2) is 42.5 Å². The Labute approximate surface area is 125 Å². The molecule has 2 N–H and O–H groups in total. The van der Waals surface area contributed by atoms with Crippen molar-refractivity contribution in [2.45, 2.75) is 19.1 Å². The van der Waals surface area contributed by atoms with Crippen LogP contribution in [0.4, 0.5) is 13.2 Å². The van der Waals surface area contributed by atoms with Crippen molar-refractivity contribution in [1.82, 2.24) is 0 Å². The normalized spacial score (nSPS) is 12.5. The summed E-state index contributed by atoms with van der Waals surface area (Å²) in [4.78, 5) is 0. The maximum atomic E-state index is 13.7. The lowest BCUT2D eigenvalue weighted by Gasteiger charge is -2.14.